The van der Waals surface area contributed by atoms with Crippen LogP contribution in [-0.4, -0.2) is 45.2 Å². The Hall–Kier alpha value is -2.36. The SMILES string of the molecule is CCNC(=NCCCn1cccn1)NCCCc1cn(-c2ccccc2)nc1C.I. The third-order valence-corrected chi connectivity index (χ3v) is 4.66. The lowest BCUT2D eigenvalue weighted by atomic mass is 10.1. The maximum absolute atomic E-state index is 4.66. The average molecular weight is 521 g/mol. The van der Waals surface area contributed by atoms with Crippen molar-refractivity contribution in [1.29, 1.82) is 0 Å². The van der Waals surface area contributed by atoms with Gasteiger partial charge < -0.3 is 10.6 Å². The third-order valence-electron chi connectivity index (χ3n) is 4.66. The highest BCUT2D eigenvalue weighted by Gasteiger charge is 2.06. The van der Waals surface area contributed by atoms with Crippen LogP contribution in [0.2, 0.25) is 0 Å². The number of nitrogens with one attached hydrogen (secondary N) is 2. The maximum atomic E-state index is 4.66. The van der Waals surface area contributed by atoms with Crippen LogP contribution < -0.4 is 10.6 Å². The molecule has 7 nitrogen and oxygen atoms in total. The molecule has 3 rings (SSSR count). The Morgan fingerprint density at radius 2 is 1.93 bits per heavy atom. The molecule has 0 saturated carbocycles. The fourth-order valence-corrected chi connectivity index (χ4v) is 3.14. The second kappa shape index (κ2) is 13.0. The predicted molar refractivity (Wildman–Crippen MR) is 133 cm³/mol. The molecule has 0 aliphatic rings. The Balaban J connectivity index is 0.00000320. The van der Waals surface area contributed by atoms with Crippen LogP contribution in [0.3, 0.4) is 0 Å². The van der Waals surface area contributed by atoms with Crippen molar-refractivity contribution in [3.63, 3.8) is 0 Å². The number of aryl methyl sites for hydroxylation is 3. The average Bonchev–Trinajstić information content (AvgIpc) is 3.39. The zero-order chi connectivity index (χ0) is 20.3. The summed E-state index contributed by atoms with van der Waals surface area (Å²) in [5, 5.41) is 15.6. The molecule has 0 unspecified atom stereocenters. The molecule has 0 aliphatic carbocycles. The second-order valence-corrected chi connectivity index (χ2v) is 6.93. The summed E-state index contributed by atoms with van der Waals surface area (Å²) in [7, 11) is 0. The summed E-state index contributed by atoms with van der Waals surface area (Å²) in [5.74, 6) is 0.879. The topological polar surface area (TPSA) is 72.1 Å². The molecule has 2 N–H and O–H groups in total. The molecule has 2 heterocycles. The zero-order valence-corrected chi connectivity index (χ0v) is 20.1. The fraction of sp³-hybridized carbons (Fsp3) is 0.409. The first-order valence-corrected chi connectivity index (χ1v) is 10.4. The van der Waals surface area contributed by atoms with Crippen molar-refractivity contribution < 1.29 is 0 Å². The molecule has 0 spiro atoms. The number of guanidine groups is 1. The van der Waals surface area contributed by atoms with Crippen molar-refractivity contribution in [2.24, 2.45) is 4.99 Å². The number of hydrogen-bond donors (Lipinski definition) is 2. The van der Waals surface area contributed by atoms with Crippen molar-refractivity contribution in [3.8, 4) is 5.69 Å². The number of halogens is 1. The summed E-state index contributed by atoms with van der Waals surface area (Å²) >= 11 is 0. The summed E-state index contributed by atoms with van der Waals surface area (Å²) < 4.78 is 3.90. The highest BCUT2D eigenvalue weighted by molar-refractivity contribution is 14.0. The van der Waals surface area contributed by atoms with E-state index in [4.69, 9.17) is 0 Å². The first-order valence-electron chi connectivity index (χ1n) is 10.4. The normalized spacial score (nSPS) is 11.2. The van der Waals surface area contributed by atoms with Gasteiger partial charge >= 0.3 is 0 Å². The summed E-state index contributed by atoms with van der Waals surface area (Å²) in [4.78, 5) is 4.66. The third kappa shape index (κ3) is 7.47. The van der Waals surface area contributed by atoms with Crippen LogP contribution >= 0.6 is 24.0 Å². The van der Waals surface area contributed by atoms with E-state index in [9.17, 15) is 0 Å². The van der Waals surface area contributed by atoms with E-state index < -0.39 is 0 Å². The van der Waals surface area contributed by atoms with Crippen LogP contribution in [0.5, 0.6) is 0 Å². The van der Waals surface area contributed by atoms with E-state index in [1.54, 1.807) is 6.20 Å². The molecule has 0 bridgehead atoms. The minimum Gasteiger partial charge on any atom is -0.357 e. The Bertz CT molecular complexity index is 872. The quantitative estimate of drug-likeness (QED) is 0.185. The zero-order valence-electron chi connectivity index (χ0n) is 17.8. The van der Waals surface area contributed by atoms with E-state index in [0.717, 1.165) is 62.8 Å². The van der Waals surface area contributed by atoms with Gasteiger partial charge in [0, 0.05) is 44.8 Å². The van der Waals surface area contributed by atoms with E-state index in [2.05, 4.69) is 58.0 Å². The number of aliphatic imine (C=N–C) groups is 1. The number of nitrogens with zero attached hydrogens (tertiary/aromatic N) is 5. The van der Waals surface area contributed by atoms with Crippen LogP contribution in [0.4, 0.5) is 0 Å². The number of hydrogen-bond acceptors (Lipinski definition) is 3. The number of para-hydroxylation sites is 1. The molecule has 0 radical (unpaired) electrons. The lowest BCUT2D eigenvalue weighted by molar-refractivity contribution is 0.583. The Morgan fingerprint density at radius 1 is 1.10 bits per heavy atom. The molecule has 1 aromatic carbocycles. The molecule has 0 fully saturated rings. The largest absolute Gasteiger partial charge is 0.357 e. The van der Waals surface area contributed by atoms with Crippen LogP contribution in [0.15, 0.2) is 60.0 Å². The standard InChI is InChI=1S/C22H31N7.HI/c1-3-23-22(25-14-8-16-28-17-9-15-26-28)24-13-7-10-20-18-29(27-19(20)2)21-11-5-4-6-12-21;/h4-6,9,11-12,15,17-18H,3,7-8,10,13-14,16H2,1-2H3,(H2,23,24,25);1H. The molecular weight excluding hydrogens is 489 g/mol. The molecule has 0 atom stereocenters. The number of aromatic nitrogens is 4. The van der Waals surface area contributed by atoms with E-state index in [0.29, 0.717) is 0 Å². The van der Waals surface area contributed by atoms with Gasteiger partial charge in [0.1, 0.15) is 0 Å². The first-order chi connectivity index (χ1) is 14.3. The van der Waals surface area contributed by atoms with Crippen LogP contribution in [0.1, 0.15) is 31.0 Å². The maximum Gasteiger partial charge on any atom is 0.191 e. The number of rotatable bonds is 10. The summed E-state index contributed by atoms with van der Waals surface area (Å²) in [6.45, 7) is 7.56. The van der Waals surface area contributed by atoms with Crippen molar-refractivity contribution in [2.45, 2.75) is 39.7 Å². The van der Waals surface area contributed by atoms with Gasteiger partial charge in [0.15, 0.2) is 5.96 Å². The second-order valence-electron chi connectivity index (χ2n) is 6.93. The Kier molecular flexibility index (Phi) is 10.4. The van der Waals surface area contributed by atoms with Gasteiger partial charge in [0.05, 0.1) is 11.4 Å². The molecule has 0 amide bonds. The van der Waals surface area contributed by atoms with Gasteiger partial charge in [-0.3, -0.25) is 9.67 Å². The van der Waals surface area contributed by atoms with E-state index in [1.807, 2.05) is 39.8 Å². The van der Waals surface area contributed by atoms with Gasteiger partial charge in [0.2, 0.25) is 0 Å². The highest BCUT2D eigenvalue weighted by Crippen LogP contribution is 2.13. The van der Waals surface area contributed by atoms with Gasteiger partial charge in [-0.25, -0.2) is 4.68 Å². The van der Waals surface area contributed by atoms with Crippen molar-refractivity contribution >= 4 is 29.9 Å². The minimum absolute atomic E-state index is 0. The van der Waals surface area contributed by atoms with E-state index in [-0.39, 0.29) is 24.0 Å². The molecule has 3 aromatic rings. The summed E-state index contributed by atoms with van der Waals surface area (Å²) in [6, 6.07) is 12.2. The van der Waals surface area contributed by atoms with E-state index in [1.165, 1.54) is 5.56 Å². The number of benzene rings is 1. The smallest absolute Gasteiger partial charge is 0.191 e. The lowest BCUT2D eigenvalue weighted by Crippen LogP contribution is -2.38. The molecule has 2 aromatic heterocycles. The van der Waals surface area contributed by atoms with E-state index >= 15 is 0 Å². The molecule has 162 valence electrons. The molecule has 8 heteroatoms. The highest BCUT2D eigenvalue weighted by atomic mass is 127. The van der Waals surface area contributed by atoms with Crippen molar-refractivity contribution in [1.82, 2.24) is 30.2 Å². The Labute approximate surface area is 196 Å². The molecular formula is C22H32IN7. The molecule has 0 aliphatic heterocycles. The lowest BCUT2D eigenvalue weighted by Gasteiger charge is -2.11. The predicted octanol–water partition coefficient (Wildman–Crippen LogP) is 3.57. The summed E-state index contributed by atoms with van der Waals surface area (Å²) in [5.41, 5.74) is 3.47. The molecule has 0 saturated heterocycles. The van der Waals surface area contributed by atoms with Gasteiger partial charge in [-0.2, -0.15) is 10.2 Å². The van der Waals surface area contributed by atoms with Gasteiger partial charge in [-0.05, 0) is 56.9 Å². The Morgan fingerprint density at radius 3 is 2.67 bits per heavy atom. The van der Waals surface area contributed by atoms with Crippen LogP contribution in [-0.2, 0) is 13.0 Å². The van der Waals surface area contributed by atoms with Crippen molar-refractivity contribution in [3.05, 3.63) is 66.2 Å². The van der Waals surface area contributed by atoms with Crippen LogP contribution in [0.25, 0.3) is 5.69 Å². The monoisotopic (exact) mass is 521 g/mol. The van der Waals surface area contributed by atoms with Gasteiger partial charge in [-0.15, -0.1) is 24.0 Å². The summed E-state index contributed by atoms with van der Waals surface area (Å²) in [6.07, 6.45) is 8.91. The first kappa shape index (κ1) is 23.9. The van der Waals surface area contributed by atoms with Gasteiger partial charge in [0.25, 0.3) is 0 Å². The fourth-order valence-electron chi connectivity index (χ4n) is 3.14. The van der Waals surface area contributed by atoms with Crippen LogP contribution in [0, 0.1) is 6.92 Å². The van der Waals surface area contributed by atoms with Crippen molar-refractivity contribution in [2.75, 3.05) is 19.6 Å². The van der Waals surface area contributed by atoms with Gasteiger partial charge in [-0.1, -0.05) is 18.2 Å². The minimum atomic E-state index is 0. The molecule has 30 heavy (non-hydrogen) atoms.